The van der Waals surface area contributed by atoms with E-state index in [1.165, 1.54) is 0 Å². The molecule has 3 aromatic rings. The van der Waals surface area contributed by atoms with Gasteiger partial charge in [-0.25, -0.2) is 0 Å². The molecular formula is C16H10Cl4N2O2. The molecule has 0 aliphatic carbocycles. The molecule has 0 bridgehead atoms. The summed E-state index contributed by atoms with van der Waals surface area (Å²) >= 11 is 23.9. The molecule has 1 heterocycles. The molecule has 4 nitrogen and oxygen atoms in total. The zero-order valence-corrected chi connectivity index (χ0v) is 15.2. The van der Waals surface area contributed by atoms with Crippen LogP contribution in [0.3, 0.4) is 0 Å². The monoisotopic (exact) mass is 402 g/mol. The van der Waals surface area contributed by atoms with Gasteiger partial charge in [0, 0.05) is 18.2 Å². The Morgan fingerprint density at radius 3 is 1.62 bits per heavy atom. The summed E-state index contributed by atoms with van der Waals surface area (Å²) in [5.74, 6) is -0.336. The van der Waals surface area contributed by atoms with Crippen molar-refractivity contribution in [2.45, 2.75) is 0 Å². The van der Waals surface area contributed by atoms with Crippen LogP contribution in [0, 0.1) is 0 Å². The number of nitrogens with zero attached hydrogens (tertiary/aromatic N) is 2. The Balaban J connectivity index is 2.12. The van der Waals surface area contributed by atoms with Crippen molar-refractivity contribution in [3.8, 4) is 34.0 Å². The van der Waals surface area contributed by atoms with Crippen molar-refractivity contribution >= 4 is 46.4 Å². The SMILES string of the molecule is Cn1nc(-c2cc(Cl)c(O)c(Cl)c2)cc1-c1cc(Cl)c(O)c(Cl)c1. The van der Waals surface area contributed by atoms with Gasteiger partial charge in [0.25, 0.3) is 0 Å². The summed E-state index contributed by atoms with van der Waals surface area (Å²) in [5.41, 5.74) is 2.69. The average Bonchev–Trinajstić information content (AvgIpc) is 2.91. The molecule has 2 aromatic carbocycles. The van der Waals surface area contributed by atoms with Crippen molar-refractivity contribution in [1.29, 1.82) is 0 Å². The third-order valence-electron chi connectivity index (χ3n) is 3.51. The molecule has 0 amide bonds. The molecular weight excluding hydrogens is 394 g/mol. The Kier molecular flexibility index (Phi) is 4.58. The summed E-state index contributed by atoms with van der Waals surface area (Å²) in [4.78, 5) is 0. The Bertz CT molecular complexity index is 907. The largest absolute Gasteiger partial charge is 0.505 e. The van der Waals surface area contributed by atoms with Crippen LogP contribution in [0.1, 0.15) is 0 Å². The van der Waals surface area contributed by atoms with E-state index in [0.717, 1.165) is 5.69 Å². The zero-order valence-electron chi connectivity index (χ0n) is 12.2. The summed E-state index contributed by atoms with van der Waals surface area (Å²) in [7, 11) is 1.76. The lowest BCUT2D eigenvalue weighted by atomic mass is 10.1. The van der Waals surface area contributed by atoms with E-state index in [4.69, 9.17) is 46.4 Å². The molecule has 0 saturated heterocycles. The fraction of sp³-hybridized carbons (Fsp3) is 0.0625. The van der Waals surface area contributed by atoms with Crippen molar-refractivity contribution in [3.63, 3.8) is 0 Å². The highest BCUT2D eigenvalue weighted by Gasteiger charge is 2.15. The third kappa shape index (κ3) is 3.03. The van der Waals surface area contributed by atoms with Gasteiger partial charge in [-0.2, -0.15) is 5.10 Å². The van der Waals surface area contributed by atoms with Crippen LogP contribution < -0.4 is 0 Å². The quantitative estimate of drug-likeness (QED) is 0.570. The molecule has 0 atom stereocenters. The van der Waals surface area contributed by atoms with Crippen LogP contribution in [0.4, 0.5) is 0 Å². The zero-order chi connectivity index (χ0) is 17.6. The van der Waals surface area contributed by atoms with E-state index in [2.05, 4.69) is 5.10 Å². The molecule has 0 fully saturated rings. The predicted octanol–water partition coefficient (Wildman–Crippen LogP) is 5.78. The maximum absolute atomic E-state index is 9.68. The lowest BCUT2D eigenvalue weighted by molar-refractivity contribution is 0.475. The van der Waals surface area contributed by atoms with Gasteiger partial charge in [-0.15, -0.1) is 0 Å². The number of hydrogen-bond acceptors (Lipinski definition) is 3. The number of benzene rings is 2. The van der Waals surface area contributed by atoms with Gasteiger partial charge >= 0.3 is 0 Å². The second-order valence-corrected chi connectivity index (χ2v) is 6.74. The molecule has 0 aliphatic heterocycles. The molecule has 124 valence electrons. The van der Waals surface area contributed by atoms with E-state index in [9.17, 15) is 10.2 Å². The van der Waals surface area contributed by atoms with Gasteiger partial charge in [0.2, 0.25) is 0 Å². The molecule has 0 unspecified atom stereocenters. The fourth-order valence-corrected chi connectivity index (χ4v) is 3.28. The van der Waals surface area contributed by atoms with Gasteiger partial charge in [-0.05, 0) is 30.3 Å². The minimum atomic E-state index is -0.171. The minimum absolute atomic E-state index is 0.139. The summed E-state index contributed by atoms with van der Waals surface area (Å²) in [6.07, 6.45) is 0. The maximum atomic E-state index is 9.68. The van der Waals surface area contributed by atoms with Crippen LogP contribution in [0.25, 0.3) is 22.5 Å². The van der Waals surface area contributed by atoms with E-state index in [0.29, 0.717) is 16.8 Å². The first-order valence-electron chi connectivity index (χ1n) is 6.68. The highest BCUT2D eigenvalue weighted by Crippen LogP contribution is 2.39. The van der Waals surface area contributed by atoms with Gasteiger partial charge in [0.1, 0.15) is 0 Å². The van der Waals surface area contributed by atoms with Crippen molar-refractivity contribution in [2.24, 2.45) is 7.05 Å². The second kappa shape index (κ2) is 6.37. The highest BCUT2D eigenvalue weighted by atomic mass is 35.5. The van der Waals surface area contributed by atoms with E-state index < -0.39 is 0 Å². The van der Waals surface area contributed by atoms with Crippen molar-refractivity contribution in [1.82, 2.24) is 9.78 Å². The highest BCUT2D eigenvalue weighted by molar-refractivity contribution is 6.38. The molecule has 3 rings (SSSR count). The maximum Gasteiger partial charge on any atom is 0.152 e. The summed E-state index contributed by atoms with van der Waals surface area (Å²) < 4.78 is 1.64. The van der Waals surface area contributed by atoms with Gasteiger partial charge in [0.15, 0.2) is 11.5 Å². The lowest BCUT2D eigenvalue weighted by Crippen LogP contribution is -1.94. The Hall–Kier alpha value is -1.59. The smallest absolute Gasteiger partial charge is 0.152 e. The van der Waals surface area contributed by atoms with E-state index in [1.807, 2.05) is 0 Å². The number of phenolic OH excluding ortho intramolecular Hbond substituents is 2. The first-order chi connectivity index (χ1) is 11.3. The van der Waals surface area contributed by atoms with Crippen molar-refractivity contribution in [3.05, 3.63) is 50.4 Å². The molecule has 0 radical (unpaired) electrons. The van der Waals surface area contributed by atoms with Gasteiger partial charge in [-0.1, -0.05) is 46.4 Å². The third-order valence-corrected chi connectivity index (χ3v) is 4.66. The second-order valence-electron chi connectivity index (χ2n) is 5.12. The first kappa shape index (κ1) is 17.2. The number of rotatable bonds is 2. The van der Waals surface area contributed by atoms with Crippen LogP contribution in [-0.4, -0.2) is 20.0 Å². The number of hydrogen-bond donors (Lipinski definition) is 2. The van der Waals surface area contributed by atoms with Gasteiger partial charge in [0.05, 0.1) is 31.5 Å². The molecule has 8 heteroatoms. The Morgan fingerprint density at radius 1 is 0.750 bits per heavy atom. The number of halogens is 4. The summed E-state index contributed by atoms with van der Waals surface area (Å²) in [6.45, 7) is 0. The molecule has 24 heavy (non-hydrogen) atoms. The van der Waals surface area contributed by atoms with Gasteiger partial charge in [-0.3, -0.25) is 4.68 Å². The normalized spacial score (nSPS) is 11.0. The van der Waals surface area contributed by atoms with Crippen LogP contribution in [0.15, 0.2) is 30.3 Å². The molecule has 1 aromatic heterocycles. The molecule has 2 N–H and O–H groups in total. The number of aromatic hydroxyl groups is 2. The van der Waals surface area contributed by atoms with E-state index in [1.54, 1.807) is 42.1 Å². The number of aryl methyl sites for hydroxylation is 1. The lowest BCUT2D eigenvalue weighted by Gasteiger charge is -2.05. The summed E-state index contributed by atoms with van der Waals surface area (Å²) in [5, 5.41) is 24.3. The van der Waals surface area contributed by atoms with Crippen LogP contribution in [0.5, 0.6) is 11.5 Å². The summed E-state index contributed by atoms with van der Waals surface area (Å²) in [6, 6.07) is 8.15. The van der Waals surface area contributed by atoms with Crippen LogP contribution >= 0.6 is 46.4 Å². The molecule has 0 saturated carbocycles. The van der Waals surface area contributed by atoms with Crippen LogP contribution in [0.2, 0.25) is 20.1 Å². The minimum Gasteiger partial charge on any atom is -0.505 e. The first-order valence-corrected chi connectivity index (χ1v) is 8.20. The average molecular weight is 404 g/mol. The van der Waals surface area contributed by atoms with E-state index >= 15 is 0 Å². The molecule has 0 spiro atoms. The number of aromatic nitrogens is 2. The molecule has 0 aliphatic rings. The Morgan fingerprint density at radius 2 is 1.17 bits per heavy atom. The van der Waals surface area contributed by atoms with E-state index in [-0.39, 0.29) is 31.6 Å². The Labute approximate surface area is 157 Å². The standard InChI is InChI=1S/C16H10Cl4N2O2/c1-22-14(8-4-11(19)16(24)12(20)5-8)6-13(21-22)7-2-9(17)15(23)10(18)3-7/h2-6,23-24H,1H3. The topological polar surface area (TPSA) is 58.3 Å². The van der Waals surface area contributed by atoms with Crippen LogP contribution in [-0.2, 0) is 7.05 Å². The van der Waals surface area contributed by atoms with Crippen molar-refractivity contribution < 1.29 is 10.2 Å². The van der Waals surface area contributed by atoms with Gasteiger partial charge < -0.3 is 10.2 Å². The van der Waals surface area contributed by atoms with Crippen molar-refractivity contribution in [2.75, 3.05) is 0 Å². The fourth-order valence-electron chi connectivity index (χ4n) is 2.31. The predicted molar refractivity (Wildman–Crippen MR) is 97.4 cm³/mol. The number of phenols is 2.